The number of carbonyl (C=O) groups excluding carboxylic acids is 2. The van der Waals surface area contributed by atoms with Gasteiger partial charge < -0.3 is 24.7 Å². The normalized spacial score (nSPS) is 24.5. The fourth-order valence-corrected chi connectivity index (χ4v) is 4.98. The summed E-state index contributed by atoms with van der Waals surface area (Å²) in [4.78, 5) is 35.7. The maximum absolute atomic E-state index is 13.7. The Labute approximate surface area is 182 Å². The number of amides is 2. The highest BCUT2D eigenvalue weighted by Crippen LogP contribution is 2.47. The second kappa shape index (κ2) is 9.09. The molecule has 5 unspecified atom stereocenters. The van der Waals surface area contributed by atoms with Crippen LogP contribution in [-0.2, 0) is 14.3 Å². The lowest BCUT2D eigenvalue weighted by Crippen LogP contribution is -2.55. The molecular formula is C23H30N4O4. The van der Waals surface area contributed by atoms with Gasteiger partial charge in [-0.3, -0.25) is 4.79 Å². The van der Waals surface area contributed by atoms with Crippen molar-refractivity contribution in [3.63, 3.8) is 0 Å². The number of aromatic amines is 1. The number of ether oxygens (including phenoxy) is 2. The third kappa shape index (κ3) is 4.17. The molecule has 2 aromatic rings. The van der Waals surface area contributed by atoms with Crippen molar-refractivity contribution < 1.29 is 19.1 Å². The van der Waals surface area contributed by atoms with E-state index in [2.05, 4.69) is 15.3 Å². The quantitative estimate of drug-likeness (QED) is 0.739. The van der Waals surface area contributed by atoms with E-state index in [0.717, 1.165) is 42.8 Å². The Kier molecular flexibility index (Phi) is 6.27. The maximum atomic E-state index is 13.7. The van der Waals surface area contributed by atoms with Crippen LogP contribution in [0.5, 0.6) is 0 Å². The number of benzene rings is 1. The monoisotopic (exact) mass is 426 g/mol. The van der Waals surface area contributed by atoms with E-state index in [1.807, 2.05) is 41.4 Å². The molecular weight excluding hydrogens is 396 g/mol. The number of carbonyl (C=O) groups is 2. The van der Waals surface area contributed by atoms with Crippen molar-refractivity contribution in [2.75, 3.05) is 14.2 Å². The predicted molar refractivity (Wildman–Crippen MR) is 115 cm³/mol. The summed E-state index contributed by atoms with van der Waals surface area (Å²) in [6.07, 6.45) is 4.72. The topological polar surface area (TPSA) is 96.5 Å². The molecule has 2 fully saturated rings. The summed E-state index contributed by atoms with van der Waals surface area (Å²) in [5.41, 5.74) is 1.98. The molecule has 1 aromatic carbocycles. The number of rotatable bonds is 6. The molecule has 8 heteroatoms. The first-order valence-electron chi connectivity index (χ1n) is 10.8. The standard InChI is InChI=1S/C23H30N4O4/c1-14(30-2)20(26-23(29)31-3)22(28)27-18-11-7-10-16(18)12-19(27)21-24-13-17(25-21)15-8-5-4-6-9-15/h4-6,8-9,13-14,16,18-20H,7,10-12H2,1-3H3,(H,24,25)(H,26,29). The number of methoxy groups -OCH3 is 2. The molecule has 2 amide bonds. The zero-order valence-electron chi connectivity index (χ0n) is 18.2. The zero-order chi connectivity index (χ0) is 22.0. The molecule has 2 aliphatic rings. The largest absolute Gasteiger partial charge is 0.453 e. The van der Waals surface area contributed by atoms with E-state index in [4.69, 9.17) is 9.47 Å². The number of hydrogen-bond donors (Lipinski definition) is 2. The number of nitrogens with one attached hydrogen (secondary N) is 2. The van der Waals surface area contributed by atoms with Gasteiger partial charge in [-0.15, -0.1) is 0 Å². The van der Waals surface area contributed by atoms with Crippen LogP contribution in [-0.4, -0.2) is 59.3 Å². The molecule has 2 heterocycles. The minimum absolute atomic E-state index is 0.147. The van der Waals surface area contributed by atoms with Crippen LogP contribution in [0.25, 0.3) is 11.3 Å². The zero-order valence-corrected chi connectivity index (χ0v) is 18.2. The van der Waals surface area contributed by atoms with Gasteiger partial charge in [0.2, 0.25) is 5.91 Å². The van der Waals surface area contributed by atoms with Gasteiger partial charge in [-0.25, -0.2) is 9.78 Å². The highest BCUT2D eigenvalue weighted by Gasteiger charge is 2.49. The number of imidazole rings is 1. The van der Waals surface area contributed by atoms with Crippen LogP contribution in [0, 0.1) is 5.92 Å². The van der Waals surface area contributed by atoms with Gasteiger partial charge in [0.15, 0.2) is 0 Å². The van der Waals surface area contributed by atoms with Crippen LogP contribution in [0.1, 0.15) is 44.5 Å². The van der Waals surface area contributed by atoms with E-state index in [9.17, 15) is 9.59 Å². The molecule has 1 saturated heterocycles. The van der Waals surface area contributed by atoms with E-state index in [1.165, 1.54) is 14.2 Å². The molecule has 0 spiro atoms. The van der Waals surface area contributed by atoms with Crippen LogP contribution < -0.4 is 5.32 Å². The second-order valence-electron chi connectivity index (χ2n) is 8.36. The van der Waals surface area contributed by atoms with Gasteiger partial charge in [0.05, 0.1) is 31.1 Å². The Bertz CT molecular complexity index is 915. The molecule has 5 atom stereocenters. The van der Waals surface area contributed by atoms with Gasteiger partial charge in [-0.1, -0.05) is 36.8 Å². The summed E-state index contributed by atoms with van der Waals surface area (Å²) in [7, 11) is 2.82. The highest BCUT2D eigenvalue weighted by molar-refractivity contribution is 5.87. The number of likely N-dealkylation sites (tertiary alicyclic amines) is 1. The number of hydrogen-bond acceptors (Lipinski definition) is 5. The highest BCUT2D eigenvalue weighted by atomic mass is 16.5. The van der Waals surface area contributed by atoms with E-state index in [1.54, 1.807) is 6.92 Å². The van der Waals surface area contributed by atoms with Gasteiger partial charge in [-0.2, -0.15) is 0 Å². The van der Waals surface area contributed by atoms with Crippen molar-refractivity contribution in [2.24, 2.45) is 5.92 Å². The molecule has 166 valence electrons. The molecule has 1 aliphatic carbocycles. The SMILES string of the molecule is COC(=O)NC(C(=O)N1C(c2ncc(-c3ccccc3)[nH]2)CC2CCCC21)C(C)OC. The number of H-pyrrole nitrogens is 1. The molecule has 1 aromatic heterocycles. The summed E-state index contributed by atoms with van der Waals surface area (Å²) < 4.78 is 10.2. The van der Waals surface area contributed by atoms with Crippen LogP contribution in [0.4, 0.5) is 4.79 Å². The minimum Gasteiger partial charge on any atom is -0.453 e. The van der Waals surface area contributed by atoms with Crippen LogP contribution in [0.3, 0.4) is 0 Å². The van der Waals surface area contributed by atoms with Crippen molar-refractivity contribution in [2.45, 2.75) is 56.8 Å². The van der Waals surface area contributed by atoms with E-state index in [0.29, 0.717) is 5.92 Å². The van der Waals surface area contributed by atoms with Crippen molar-refractivity contribution in [3.8, 4) is 11.3 Å². The van der Waals surface area contributed by atoms with Gasteiger partial charge in [0.1, 0.15) is 11.9 Å². The Morgan fingerprint density at radius 1 is 1.23 bits per heavy atom. The number of nitrogens with zero attached hydrogens (tertiary/aromatic N) is 2. The van der Waals surface area contributed by atoms with Crippen LogP contribution in [0.2, 0.25) is 0 Å². The molecule has 4 rings (SSSR count). The van der Waals surface area contributed by atoms with Gasteiger partial charge in [0.25, 0.3) is 0 Å². The fourth-order valence-electron chi connectivity index (χ4n) is 4.98. The lowest BCUT2D eigenvalue weighted by Gasteiger charge is -2.34. The Morgan fingerprint density at radius 3 is 2.71 bits per heavy atom. The Balaban J connectivity index is 1.64. The molecule has 1 aliphatic heterocycles. The summed E-state index contributed by atoms with van der Waals surface area (Å²) in [6.45, 7) is 1.77. The van der Waals surface area contributed by atoms with E-state index >= 15 is 0 Å². The Hall–Kier alpha value is -2.87. The van der Waals surface area contributed by atoms with Crippen molar-refractivity contribution in [1.82, 2.24) is 20.2 Å². The minimum atomic E-state index is -0.831. The predicted octanol–water partition coefficient (Wildman–Crippen LogP) is 3.28. The van der Waals surface area contributed by atoms with Gasteiger partial charge >= 0.3 is 6.09 Å². The lowest BCUT2D eigenvalue weighted by atomic mass is 10.0. The average Bonchev–Trinajstić information content (AvgIpc) is 3.52. The smallest absolute Gasteiger partial charge is 0.407 e. The van der Waals surface area contributed by atoms with Gasteiger partial charge in [0, 0.05) is 13.2 Å². The first-order valence-corrected chi connectivity index (χ1v) is 10.8. The van der Waals surface area contributed by atoms with E-state index in [-0.39, 0.29) is 18.0 Å². The first kappa shape index (κ1) is 21.4. The van der Waals surface area contributed by atoms with Crippen molar-refractivity contribution in [1.29, 1.82) is 0 Å². The molecule has 31 heavy (non-hydrogen) atoms. The fraction of sp³-hybridized carbons (Fsp3) is 0.522. The first-order chi connectivity index (χ1) is 15.0. The molecule has 2 N–H and O–H groups in total. The third-order valence-corrected chi connectivity index (χ3v) is 6.65. The lowest BCUT2D eigenvalue weighted by molar-refractivity contribution is -0.140. The second-order valence-corrected chi connectivity index (χ2v) is 8.36. The van der Waals surface area contributed by atoms with Crippen LogP contribution in [0.15, 0.2) is 36.5 Å². The number of alkyl carbamates (subject to hydrolysis) is 1. The number of aromatic nitrogens is 2. The molecule has 0 bridgehead atoms. The van der Waals surface area contributed by atoms with Crippen LogP contribution >= 0.6 is 0 Å². The molecule has 0 radical (unpaired) electrons. The molecule has 8 nitrogen and oxygen atoms in total. The third-order valence-electron chi connectivity index (χ3n) is 6.65. The van der Waals surface area contributed by atoms with Crippen molar-refractivity contribution in [3.05, 3.63) is 42.4 Å². The summed E-state index contributed by atoms with van der Waals surface area (Å²) in [5, 5.41) is 2.67. The summed E-state index contributed by atoms with van der Waals surface area (Å²) in [5.74, 6) is 1.07. The average molecular weight is 427 g/mol. The van der Waals surface area contributed by atoms with Crippen molar-refractivity contribution >= 4 is 12.0 Å². The molecule has 1 saturated carbocycles. The Morgan fingerprint density at radius 2 is 2.00 bits per heavy atom. The number of fused-ring (bicyclic) bond motifs is 1. The summed E-state index contributed by atoms with van der Waals surface area (Å²) in [6, 6.07) is 9.16. The van der Waals surface area contributed by atoms with E-state index < -0.39 is 18.2 Å². The summed E-state index contributed by atoms with van der Waals surface area (Å²) >= 11 is 0. The maximum Gasteiger partial charge on any atom is 0.407 e. The van der Waals surface area contributed by atoms with Gasteiger partial charge in [-0.05, 0) is 37.7 Å².